The van der Waals surface area contributed by atoms with Gasteiger partial charge in [0, 0.05) is 34.1 Å². The van der Waals surface area contributed by atoms with Crippen LogP contribution >= 0.6 is 11.6 Å². The van der Waals surface area contributed by atoms with Crippen LogP contribution in [0.15, 0.2) is 48.5 Å². The Bertz CT molecular complexity index is 901. The van der Waals surface area contributed by atoms with Crippen LogP contribution in [0.5, 0.6) is 0 Å². The highest BCUT2D eigenvalue weighted by atomic mass is 35.5. The van der Waals surface area contributed by atoms with Crippen LogP contribution in [0.1, 0.15) is 23.2 Å². The number of hydrogen-bond acceptors (Lipinski definition) is 1. The topological polar surface area (TPSA) is 44.9 Å². The van der Waals surface area contributed by atoms with Gasteiger partial charge in [-0.15, -0.1) is 0 Å². The van der Waals surface area contributed by atoms with Crippen molar-refractivity contribution in [2.24, 2.45) is 5.92 Å². The van der Waals surface area contributed by atoms with Crippen LogP contribution in [0.2, 0.25) is 5.02 Å². The summed E-state index contributed by atoms with van der Waals surface area (Å²) in [6.45, 7) is 0.686. The first-order valence-electron chi connectivity index (χ1n) is 8.81. The van der Waals surface area contributed by atoms with Crippen molar-refractivity contribution in [2.75, 3.05) is 6.54 Å². The van der Waals surface area contributed by atoms with Crippen LogP contribution in [0.25, 0.3) is 10.9 Å². The van der Waals surface area contributed by atoms with Gasteiger partial charge in [0.25, 0.3) is 0 Å². The lowest BCUT2D eigenvalue weighted by Crippen LogP contribution is -2.35. The number of carbonyl (C=O) groups is 1. The molecule has 1 unspecified atom stereocenters. The van der Waals surface area contributed by atoms with Crippen molar-refractivity contribution in [3.8, 4) is 0 Å². The highest BCUT2D eigenvalue weighted by Crippen LogP contribution is 2.33. The number of fused-ring (bicyclic) bond motifs is 3. The van der Waals surface area contributed by atoms with E-state index in [9.17, 15) is 4.79 Å². The molecule has 0 saturated carbocycles. The third kappa shape index (κ3) is 3.42. The summed E-state index contributed by atoms with van der Waals surface area (Å²) in [5.74, 6) is 0.208. The van der Waals surface area contributed by atoms with E-state index < -0.39 is 0 Å². The number of aromatic amines is 1. The zero-order valence-corrected chi connectivity index (χ0v) is 14.8. The quantitative estimate of drug-likeness (QED) is 0.723. The summed E-state index contributed by atoms with van der Waals surface area (Å²) in [6.07, 6.45) is 3.46. The van der Waals surface area contributed by atoms with E-state index in [1.165, 1.54) is 16.8 Å². The predicted molar refractivity (Wildman–Crippen MR) is 102 cm³/mol. The van der Waals surface area contributed by atoms with E-state index in [1.54, 1.807) is 0 Å². The average molecular weight is 353 g/mol. The molecule has 0 saturated heterocycles. The molecule has 25 heavy (non-hydrogen) atoms. The van der Waals surface area contributed by atoms with Crippen LogP contribution in [-0.4, -0.2) is 17.4 Å². The molecular weight excluding hydrogens is 332 g/mol. The van der Waals surface area contributed by atoms with Crippen molar-refractivity contribution >= 4 is 28.4 Å². The number of H-pyrrole nitrogens is 1. The standard InChI is InChI=1S/C21H21ClN2O/c22-16-7-9-20-18(13-16)17-12-15(6-8-19(17)24-20)21(25)23-11-10-14-4-2-1-3-5-14/h1-5,7,9,13,15,24H,6,8,10-12H2,(H,23,25). The molecule has 3 aromatic rings. The molecule has 2 N–H and O–H groups in total. The summed E-state index contributed by atoms with van der Waals surface area (Å²) in [4.78, 5) is 16.1. The molecule has 1 aliphatic carbocycles. The van der Waals surface area contributed by atoms with E-state index in [2.05, 4.69) is 22.4 Å². The van der Waals surface area contributed by atoms with Gasteiger partial charge in [0.1, 0.15) is 0 Å². The summed E-state index contributed by atoms with van der Waals surface area (Å²) in [6, 6.07) is 16.2. The summed E-state index contributed by atoms with van der Waals surface area (Å²) in [5, 5.41) is 5.00. The number of halogens is 1. The zero-order valence-electron chi connectivity index (χ0n) is 14.0. The van der Waals surface area contributed by atoms with E-state index >= 15 is 0 Å². The van der Waals surface area contributed by atoms with Gasteiger partial charge in [0.15, 0.2) is 0 Å². The smallest absolute Gasteiger partial charge is 0.223 e. The molecule has 4 rings (SSSR count). The fraction of sp³-hybridized carbons (Fsp3) is 0.286. The highest BCUT2D eigenvalue weighted by molar-refractivity contribution is 6.31. The predicted octanol–water partition coefficient (Wildman–Crippen LogP) is 4.29. The van der Waals surface area contributed by atoms with Crippen molar-refractivity contribution in [1.82, 2.24) is 10.3 Å². The van der Waals surface area contributed by atoms with Gasteiger partial charge in [-0.3, -0.25) is 4.79 Å². The second-order valence-electron chi connectivity index (χ2n) is 6.74. The molecule has 1 aliphatic rings. The van der Waals surface area contributed by atoms with Crippen molar-refractivity contribution < 1.29 is 4.79 Å². The monoisotopic (exact) mass is 352 g/mol. The van der Waals surface area contributed by atoms with Crippen LogP contribution < -0.4 is 5.32 Å². The number of aryl methyl sites for hydroxylation is 1. The number of nitrogens with one attached hydrogen (secondary N) is 2. The Kier molecular flexibility index (Phi) is 4.50. The second kappa shape index (κ2) is 6.93. The van der Waals surface area contributed by atoms with E-state index in [0.29, 0.717) is 6.54 Å². The van der Waals surface area contributed by atoms with Gasteiger partial charge in [-0.1, -0.05) is 41.9 Å². The minimum Gasteiger partial charge on any atom is -0.358 e. The van der Waals surface area contributed by atoms with Crippen molar-refractivity contribution in [2.45, 2.75) is 25.7 Å². The Labute approximate surface area is 152 Å². The molecule has 1 heterocycles. The van der Waals surface area contributed by atoms with E-state index in [-0.39, 0.29) is 11.8 Å². The molecule has 4 heteroatoms. The molecule has 0 fully saturated rings. The van der Waals surface area contributed by atoms with Gasteiger partial charge in [0.2, 0.25) is 5.91 Å². The maximum Gasteiger partial charge on any atom is 0.223 e. The normalized spacial score (nSPS) is 16.6. The molecule has 0 bridgehead atoms. The maximum atomic E-state index is 12.6. The molecule has 1 atom stereocenters. The van der Waals surface area contributed by atoms with E-state index in [1.807, 2.05) is 36.4 Å². The molecule has 0 aliphatic heterocycles. The van der Waals surface area contributed by atoms with Gasteiger partial charge in [0.05, 0.1) is 0 Å². The van der Waals surface area contributed by atoms with Crippen molar-refractivity contribution in [3.05, 3.63) is 70.4 Å². The summed E-state index contributed by atoms with van der Waals surface area (Å²) in [5.41, 5.74) is 4.87. The lowest BCUT2D eigenvalue weighted by Gasteiger charge is -2.22. The average Bonchev–Trinajstić information content (AvgIpc) is 2.99. The van der Waals surface area contributed by atoms with Gasteiger partial charge < -0.3 is 10.3 Å². The van der Waals surface area contributed by atoms with Crippen LogP contribution in [-0.2, 0) is 24.1 Å². The molecule has 1 aromatic heterocycles. The van der Waals surface area contributed by atoms with Gasteiger partial charge in [-0.2, -0.15) is 0 Å². The third-order valence-electron chi connectivity index (χ3n) is 5.08. The SMILES string of the molecule is O=C(NCCc1ccccc1)C1CCc2[nH]c3ccc(Cl)cc3c2C1. The fourth-order valence-electron chi connectivity index (χ4n) is 3.73. The minimum absolute atomic E-state index is 0.0428. The first kappa shape index (κ1) is 16.2. The van der Waals surface area contributed by atoms with Crippen LogP contribution in [0, 0.1) is 5.92 Å². The molecule has 1 amide bonds. The molecule has 2 aromatic carbocycles. The number of benzene rings is 2. The van der Waals surface area contributed by atoms with E-state index in [4.69, 9.17) is 11.6 Å². The van der Waals surface area contributed by atoms with Crippen molar-refractivity contribution in [3.63, 3.8) is 0 Å². The number of hydrogen-bond donors (Lipinski definition) is 2. The first-order chi connectivity index (χ1) is 12.2. The number of carbonyl (C=O) groups excluding carboxylic acids is 1. The summed E-state index contributed by atoms with van der Waals surface area (Å²) >= 11 is 6.15. The van der Waals surface area contributed by atoms with Crippen LogP contribution in [0.4, 0.5) is 0 Å². The lowest BCUT2D eigenvalue weighted by molar-refractivity contribution is -0.125. The third-order valence-corrected chi connectivity index (χ3v) is 5.31. The Morgan fingerprint density at radius 1 is 1.20 bits per heavy atom. The van der Waals surface area contributed by atoms with Gasteiger partial charge >= 0.3 is 0 Å². The molecule has 0 spiro atoms. The minimum atomic E-state index is 0.0428. The van der Waals surface area contributed by atoms with Crippen molar-refractivity contribution in [1.29, 1.82) is 0 Å². The largest absolute Gasteiger partial charge is 0.358 e. The summed E-state index contributed by atoms with van der Waals surface area (Å²) < 4.78 is 0. The molecule has 0 radical (unpaired) electrons. The lowest BCUT2D eigenvalue weighted by atomic mass is 9.86. The van der Waals surface area contributed by atoms with Crippen LogP contribution in [0.3, 0.4) is 0 Å². The zero-order chi connectivity index (χ0) is 17.2. The Morgan fingerprint density at radius 3 is 2.88 bits per heavy atom. The molecule has 128 valence electrons. The Morgan fingerprint density at radius 2 is 2.04 bits per heavy atom. The Hall–Kier alpha value is -2.26. The highest BCUT2D eigenvalue weighted by Gasteiger charge is 2.27. The number of rotatable bonds is 4. The molecule has 3 nitrogen and oxygen atoms in total. The Balaban J connectivity index is 1.42. The van der Waals surface area contributed by atoms with Gasteiger partial charge in [-0.25, -0.2) is 0 Å². The fourth-order valence-corrected chi connectivity index (χ4v) is 3.90. The summed E-state index contributed by atoms with van der Waals surface area (Å²) in [7, 11) is 0. The number of amides is 1. The first-order valence-corrected chi connectivity index (χ1v) is 9.19. The second-order valence-corrected chi connectivity index (χ2v) is 7.17. The maximum absolute atomic E-state index is 12.6. The van der Waals surface area contributed by atoms with E-state index in [0.717, 1.165) is 41.6 Å². The number of aromatic nitrogens is 1. The van der Waals surface area contributed by atoms with Gasteiger partial charge in [-0.05, 0) is 55.0 Å². The molecular formula is C21H21ClN2O.